The standard InChI is InChI=1S/C22H16ClN3O5S/c23-15-6-11-19-20(12-15)24-13-22(25-19)31-17-9-7-16(8-10-17)30-14-21(27)26-32(28,29)18-4-2-1-3-5-18/h1-13H,14H2,(H,26,27). The van der Waals surface area contributed by atoms with Crippen LogP contribution in [0.2, 0.25) is 5.02 Å². The summed E-state index contributed by atoms with van der Waals surface area (Å²) in [5, 5.41) is 0.572. The van der Waals surface area contributed by atoms with Gasteiger partial charge < -0.3 is 9.47 Å². The van der Waals surface area contributed by atoms with Crippen LogP contribution in [0.15, 0.2) is 83.9 Å². The third-order valence-electron chi connectivity index (χ3n) is 4.20. The van der Waals surface area contributed by atoms with Crippen molar-refractivity contribution in [2.24, 2.45) is 0 Å². The predicted octanol–water partition coefficient (Wildman–Crippen LogP) is 3.96. The molecule has 32 heavy (non-hydrogen) atoms. The maximum Gasteiger partial charge on any atom is 0.271 e. The summed E-state index contributed by atoms with van der Waals surface area (Å²) in [5.74, 6) is 0.361. The molecular formula is C22H16ClN3O5S. The first-order valence-corrected chi connectivity index (χ1v) is 11.2. The van der Waals surface area contributed by atoms with Gasteiger partial charge in [0.05, 0.1) is 22.1 Å². The fourth-order valence-electron chi connectivity index (χ4n) is 2.73. The van der Waals surface area contributed by atoms with Crippen molar-refractivity contribution in [1.82, 2.24) is 14.7 Å². The summed E-state index contributed by atoms with van der Waals surface area (Å²) in [4.78, 5) is 20.6. The first-order valence-electron chi connectivity index (χ1n) is 9.33. The first kappa shape index (κ1) is 21.5. The van der Waals surface area contributed by atoms with Gasteiger partial charge in [-0.3, -0.25) is 4.79 Å². The van der Waals surface area contributed by atoms with Gasteiger partial charge in [-0.05, 0) is 54.6 Å². The third-order valence-corrected chi connectivity index (χ3v) is 5.82. The van der Waals surface area contributed by atoms with Crippen LogP contribution in [0.4, 0.5) is 0 Å². The molecule has 3 aromatic carbocycles. The van der Waals surface area contributed by atoms with Crippen molar-refractivity contribution in [2.75, 3.05) is 6.61 Å². The number of amides is 1. The van der Waals surface area contributed by atoms with Crippen molar-refractivity contribution in [3.05, 3.63) is 84.0 Å². The number of hydrogen-bond acceptors (Lipinski definition) is 7. The molecule has 0 atom stereocenters. The molecule has 1 heterocycles. The van der Waals surface area contributed by atoms with E-state index >= 15 is 0 Å². The summed E-state index contributed by atoms with van der Waals surface area (Å²) < 4.78 is 37.3. The van der Waals surface area contributed by atoms with Crippen LogP contribution < -0.4 is 14.2 Å². The van der Waals surface area contributed by atoms with Crippen LogP contribution in [0.1, 0.15) is 0 Å². The predicted molar refractivity (Wildman–Crippen MR) is 118 cm³/mol. The van der Waals surface area contributed by atoms with Gasteiger partial charge >= 0.3 is 0 Å². The largest absolute Gasteiger partial charge is 0.484 e. The lowest BCUT2D eigenvalue weighted by molar-refractivity contribution is -0.121. The molecule has 0 aliphatic carbocycles. The summed E-state index contributed by atoms with van der Waals surface area (Å²) in [6.45, 7) is -0.467. The first-order chi connectivity index (χ1) is 15.4. The molecule has 0 saturated heterocycles. The van der Waals surface area contributed by atoms with Crippen molar-refractivity contribution >= 4 is 38.6 Å². The minimum Gasteiger partial charge on any atom is -0.484 e. The summed E-state index contributed by atoms with van der Waals surface area (Å²) in [6, 6.07) is 19.2. The molecule has 10 heteroatoms. The highest BCUT2D eigenvalue weighted by atomic mass is 35.5. The Morgan fingerprint density at radius 1 is 0.938 bits per heavy atom. The fraction of sp³-hybridized carbons (Fsp3) is 0.0455. The van der Waals surface area contributed by atoms with E-state index in [9.17, 15) is 13.2 Å². The Balaban J connectivity index is 1.34. The number of sulfonamides is 1. The normalized spacial score (nSPS) is 11.2. The van der Waals surface area contributed by atoms with Gasteiger partial charge in [0.15, 0.2) is 6.61 Å². The maximum absolute atomic E-state index is 12.1. The molecule has 1 amide bonds. The third kappa shape index (κ3) is 5.32. The van der Waals surface area contributed by atoms with Crippen LogP contribution in [-0.2, 0) is 14.8 Å². The minimum absolute atomic E-state index is 0.00487. The monoisotopic (exact) mass is 469 g/mol. The number of fused-ring (bicyclic) bond motifs is 1. The number of benzene rings is 3. The molecule has 0 spiro atoms. The van der Waals surface area contributed by atoms with Gasteiger partial charge in [-0.1, -0.05) is 29.8 Å². The second kappa shape index (κ2) is 9.21. The highest BCUT2D eigenvalue weighted by Crippen LogP contribution is 2.24. The Labute approximate surface area is 188 Å². The fourth-order valence-corrected chi connectivity index (χ4v) is 3.89. The molecule has 1 aromatic heterocycles. The summed E-state index contributed by atoms with van der Waals surface area (Å²) >= 11 is 5.94. The number of aromatic nitrogens is 2. The average molecular weight is 470 g/mol. The number of hydrogen-bond donors (Lipinski definition) is 1. The molecule has 1 N–H and O–H groups in total. The van der Waals surface area contributed by atoms with Crippen molar-refractivity contribution in [3.63, 3.8) is 0 Å². The van der Waals surface area contributed by atoms with E-state index in [1.807, 2.05) is 4.72 Å². The zero-order chi connectivity index (χ0) is 22.6. The molecule has 8 nitrogen and oxygen atoms in total. The SMILES string of the molecule is O=C(COc1ccc(Oc2cnc3cc(Cl)ccc3n2)cc1)NS(=O)(=O)c1ccccc1. The van der Waals surface area contributed by atoms with Gasteiger partial charge in [-0.2, -0.15) is 0 Å². The van der Waals surface area contributed by atoms with Crippen LogP contribution >= 0.6 is 11.6 Å². The summed E-state index contributed by atoms with van der Waals surface area (Å²) in [6.07, 6.45) is 1.49. The Hall–Kier alpha value is -3.69. The van der Waals surface area contributed by atoms with Gasteiger partial charge in [-0.15, -0.1) is 0 Å². The number of carbonyl (C=O) groups excluding carboxylic acids is 1. The van der Waals surface area contributed by atoms with Crippen molar-refractivity contribution in [2.45, 2.75) is 4.90 Å². The Morgan fingerprint density at radius 2 is 1.66 bits per heavy atom. The number of nitrogens with one attached hydrogen (secondary N) is 1. The van der Waals surface area contributed by atoms with Gasteiger partial charge in [0.25, 0.3) is 15.9 Å². The molecule has 4 aromatic rings. The number of nitrogens with zero attached hydrogens (tertiary/aromatic N) is 2. The van der Waals surface area contributed by atoms with E-state index in [0.29, 0.717) is 33.4 Å². The zero-order valence-corrected chi connectivity index (χ0v) is 18.0. The Morgan fingerprint density at radius 3 is 2.41 bits per heavy atom. The molecule has 0 bridgehead atoms. The molecule has 0 aliphatic heterocycles. The highest BCUT2D eigenvalue weighted by Gasteiger charge is 2.17. The second-order valence-corrected chi connectivity index (χ2v) is 8.66. The van der Waals surface area contributed by atoms with Crippen LogP contribution in [0.5, 0.6) is 17.4 Å². The Kier molecular flexibility index (Phi) is 6.20. The lowest BCUT2D eigenvalue weighted by Gasteiger charge is -2.09. The van der Waals surface area contributed by atoms with E-state index in [1.165, 1.54) is 18.3 Å². The molecule has 4 rings (SSSR count). The molecule has 0 saturated carbocycles. The summed E-state index contributed by atoms with van der Waals surface area (Å²) in [5.41, 5.74) is 1.30. The van der Waals surface area contributed by atoms with E-state index in [0.717, 1.165) is 0 Å². The van der Waals surface area contributed by atoms with Gasteiger partial charge in [0.2, 0.25) is 5.88 Å². The molecule has 0 radical (unpaired) electrons. The van der Waals surface area contributed by atoms with Crippen molar-refractivity contribution < 1.29 is 22.7 Å². The smallest absolute Gasteiger partial charge is 0.271 e. The van der Waals surface area contributed by atoms with Crippen LogP contribution in [0, 0.1) is 0 Å². The highest BCUT2D eigenvalue weighted by molar-refractivity contribution is 7.90. The number of halogens is 1. The van der Waals surface area contributed by atoms with E-state index in [-0.39, 0.29) is 4.90 Å². The Bertz CT molecular complexity index is 1360. The molecular weight excluding hydrogens is 454 g/mol. The van der Waals surface area contributed by atoms with Gasteiger partial charge in [0, 0.05) is 5.02 Å². The average Bonchev–Trinajstić information content (AvgIpc) is 2.79. The molecule has 0 fully saturated rings. The molecule has 0 unspecified atom stereocenters. The maximum atomic E-state index is 12.1. The lowest BCUT2D eigenvalue weighted by Crippen LogP contribution is -2.34. The van der Waals surface area contributed by atoms with E-state index < -0.39 is 22.5 Å². The van der Waals surface area contributed by atoms with Gasteiger partial charge in [-0.25, -0.2) is 23.1 Å². The summed E-state index contributed by atoms with van der Waals surface area (Å²) in [7, 11) is -3.94. The van der Waals surface area contributed by atoms with E-state index in [2.05, 4.69) is 9.97 Å². The molecule has 162 valence electrons. The van der Waals surface area contributed by atoms with Gasteiger partial charge in [0.1, 0.15) is 11.5 Å². The van der Waals surface area contributed by atoms with Crippen LogP contribution in [0.3, 0.4) is 0 Å². The quantitative estimate of drug-likeness (QED) is 0.436. The van der Waals surface area contributed by atoms with Crippen LogP contribution in [-0.4, -0.2) is 30.9 Å². The zero-order valence-electron chi connectivity index (χ0n) is 16.4. The topological polar surface area (TPSA) is 107 Å². The van der Waals surface area contributed by atoms with Crippen molar-refractivity contribution in [3.8, 4) is 17.4 Å². The second-order valence-electron chi connectivity index (χ2n) is 6.55. The number of rotatable bonds is 7. The van der Waals surface area contributed by atoms with E-state index in [1.54, 1.807) is 60.7 Å². The molecule has 0 aliphatic rings. The van der Waals surface area contributed by atoms with E-state index in [4.69, 9.17) is 21.1 Å². The van der Waals surface area contributed by atoms with Crippen molar-refractivity contribution in [1.29, 1.82) is 0 Å². The van der Waals surface area contributed by atoms with Crippen LogP contribution in [0.25, 0.3) is 11.0 Å². The minimum atomic E-state index is -3.94. The number of carbonyl (C=O) groups is 1. The lowest BCUT2D eigenvalue weighted by atomic mass is 10.3. The number of ether oxygens (including phenoxy) is 2.